The Hall–Kier alpha value is -1.60. The molecule has 0 spiro atoms. The molecule has 0 saturated carbocycles. The van der Waals surface area contributed by atoms with Gasteiger partial charge in [-0.25, -0.2) is 0 Å². The fraction of sp³-hybridized carbons (Fsp3) is 0.188. The third-order valence-corrected chi connectivity index (χ3v) is 3.63. The monoisotopic (exact) mass is 258 g/mol. The van der Waals surface area contributed by atoms with Crippen LogP contribution in [0.5, 0.6) is 0 Å². The number of benzene rings is 2. The molecule has 0 atom stereocenters. The number of carbonyl (C=O) groups excluding carboxylic acids is 1. The molecule has 0 aliphatic heterocycles. The van der Waals surface area contributed by atoms with Crippen molar-refractivity contribution in [1.82, 2.24) is 0 Å². The maximum absolute atomic E-state index is 11.5. The highest BCUT2D eigenvalue weighted by molar-refractivity contribution is 6.33. The third-order valence-electron chi connectivity index (χ3n) is 3.11. The Bertz CT molecular complexity index is 495. The SMILES string of the molecule is Cc1ccc(C(Cl)(C=O)c2ccc(C)cc2)cc1. The third kappa shape index (κ3) is 2.32. The first-order valence-corrected chi connectivity index (χ1v) is 6.23. The van der Waals surface area contributed by atoms with Gasteiger partial charge in [0.1, 0.15) is 11.2 Å². The molecular formula is C16H15ClO. The van der Waals surface area contributed by atoms with E-state index in [2.05, 4.69) is 0 Å². The van der Waals surface area contributed by atoms with Crippen LogP contribution >= 0.6 is 11.6 Å². The van der Waals surface area contributed by atoms with Gasteiger partial charge >= 0.3 is 0 Å². The molecular weight excluding hydrogens is 244 g/mol. The van der Waals surface area contributed by atoms with Gasteiger partial charge in [-0.2, -0.15) is 0 Å². The zero-order valence-corrected chi connectivity index (χ0v) is 11.2. The highest BCUT2D eigenvalue weighted by Crippen LogP contribution is 2.34. The number of hydrogen-bond donors (Lipinski definition) is 0. The fourth-order valence-electron chi connectivity index (χ4n) is 1.89. The Labute approximate surface area is 112 Å². The maximum Gasteiger partial charge on any atom is 0.149 e. The van der Waals surface area contributed by atoms with Crippen LogP contribution in [0.2, 0.25) is 0 Å². The van der Waals surface area contributed by atoms with Crippen LogP contribution in [-0.2, 0) is 9.67 Å². The summed E-state index contributed by atoms with van der Waals surface area (Å²) in [6.07, 6.45) is 0.796. The quantitative estimate of drug-likeness (QED) is 0.601. The van der Waals surface area contributed by atoms with Crippen molar-refractivity contribution in [2.24, 2.45) is 0 Å². The minimum Gasteiger partial charge on any atom is -0.301 e. The normalized spacial score (nSPS) is 11.3. The van der Waals surface area contributed by atoms with Crippen molar-refractivity contribution < 1.29 is 4.79 Å². The number of carbonyl (C=O) groups is 1. The predicted octanol–water partition coefficient (Wildman–Crippen LogP) is 3.98. The highest BCUT2D eigenvalue weighted by Gasteiger charge is 2.31. The maximum atomic E-state index is 11.5. The van der Waals surface area contributed by atoms with E-state index in [0.29, 0.717) is 0 Å². The van der Waals surface area contributed by atoms with Crippen LogP contribution in [0.4, 0.5) is 0 Å². The molecule has 0 aliphatic carbocycles. The van der Waals surface area contributed by atoms with E-state index in [-0.39, 0.29) is 0 Å². The van der Waals surface area contributed by atoms with Gasteiger partial charge in [0.25, 0.3) is 0 Å². The molecule has 0 N–H and O–H groups in total. The van der Waals surface area contributed by atoms with Crippen LogP contribution in [0, 0.1) is 13.8 Å². The van der Waals surface area contributed by atoms with E-state index in [0.717, 1.165) is 28.5 Å². The van der Waals surface area contributed by atoms with Gasteiger partial charge in [0.2, 0.25) is 0 Å². The van der Waals surface area contributed by atoms with Crippen molar-refractivity contribution in [1.29, 1.82) is 0 Å². The van der Waals surface area contributed by atoms with Gasteiger partial charge < -0.3 is 4.79 Å². The molecule has 0 unspecified atom stereocenters. The standard InChI is InChI=1S/C16H15ClO/c1-12-3-7-14(8-4-12)16(17,11-18)15-9-5-13(2)6-10-15/h3-11H,1-2H3. The smallest absolute Gasteiger partial charge is 0.149 e. The van der Waals surface area contributed by atoms with Gasteiger partial charge in [0.15, 0.2) is 0 Å². The first-order valence-electron chi connectivity index (χ1n) is 5.86. The molecule has 0 radical (unpaired) electrons. The Morgan fingerprint density at radius 1 is 0.833 bits per heavy atom. The molecule has 2 aromatic rings. The summed E-state index contributed by atoms with van der Waals surface area (Å²) in [5.74, 6) is 0. The molecule has 2 heteroatoms. The lowest BCUT2D eigenvalue weighted by Crippen LogP contribution is -2.22. The van der Waals surface area contributed by atoms with Crippen LogP contribution in [0.25, 0.3) is 0 Å². The second kappa shape index (κ2) is 4.95. The minimum atomic E-state index is -1.10. The van der Waals surface area contributed by atoms with Gasteiger partial charge in [-0.05, 0) is 25.0 Å². The van der Waals surface area contributed by atoms with E-state index < -0.39 is 4.87 Å². The van der Waals surface area contributed by atoms with Crippen molar-refractivity contribution in [3.8, 4) is 0 Å². The van der Waals surface area contributed by atoms with Crippen molar-refractivity contribution in [2.45, 2.75) is 18.7 Å². The predicted molar refractivity (Wildman–Crippen MR) is 75.1 cm³/mol. The Balaban J connectivity index is 2.50. The van der Waals surface area contributed by atoms with E-state index in [1.54, 1.807) is 0 Å². The Kier molecular flexibility index (Phi) is 3.53. The molecule has 2 aromatic carbocycles. The Morgan fingerprint density at radius 3 is 1.44 bits per heavy atom. The van der Waals surface area contributed by atoms with E-state index in [1.165, 1.54) is 0 Å². The fourth-order valence-corrected chi connectivity index (χ4v) is 2.15. The Morgan fingerprint density at radius 2 is 1.17 bits per heavy atom. The molecule has 0 aliphatic rings. The van der Waals surface area contributed by atoms with Gasteiger partial charge in [-0.3, -0.25) is 0 Å². The number of aryl methyl sites for hydroxylation is 2. The number of alkyl halides is 1. The van der Waals surface area contributed by atoms with Crippen LogP contribution in [0.3, 0.4) is 0 Å². The van der Waals surface area contributed by atoms with Crippen LogP contribution in [0.1, 0.15) is 22.3 Å². The molecule has 0 saturated heterocycles. The topological polar surface area (TPSA) is 17.1 Å². The van der Waals surface area contributed by atoms with Gasteiger partial charge in [-0.15, -0.1) is 11.6 Å². The van der Waals surface area contributed by atoms with Gasteiger partial charge in [-0.1, -0.05) is 59.7 Å². The van der Waals surface area contributed by atoms with Crippen molar-refractivity contribution in [2.75, 3.05) is 0 Å². The second-order valence-electron chi connectivity index (χ2n) is 4.56. The molecule has 92 valence electrons. The molecule has 18 heavy (non-hydrogen) atoms. The summed E-state index contributed by atoms with van der Waals surface area (Å²) in [6.45, 7) is 4.01. The average Bonchev–Trinajstić information content (AvgIpc) is 2.39. The zero-order valence-electron chi connectivity index (χ0n) is 10.5. The molecule has 1 nitrogen and oxygen atoms in total. The summed E-state index contributed by atoms with van der Waals surface area (Å²) < 4.78 is 0. The van der Waals surface area contributed by atoms with E-state index >= 15 is 0 Å². The van der Waals surface area contributed by atoms with Crippen molar-refractivity contribution in [3.63, 3.8) is 0 Å². The summed E-state index contributed by atoms with van der Waals surface area (Å²) in [5, 5.41) is 0. The molecule has 0 heterocycles. The number of aldehydes is 1. The highest BCUT2D eigenvalue weighted by atomic mass is 35.5. The average molecular weight is 259 g/mol. The number of halogens is 1. The molecule has 0 aromatic heterocycles. The number of hydrogen-bond acceptors (Lipinski definition) is 1. The molecule has 0 amide bonds. The summed E-state index contributed by atoms with van der Waals surface area (Å²) in [7, 11) is 0. The van der Waals surface area contributed by atoms with E-state index in [4.69, 9.17) is 11.6 Å². The van der Waals surface area contributed by atoms with Gasteiger partial charge in [0, 0.05) is 0 Å². The second-order valence-corrected chi connectivity index (χ2v) is 5.16. The van der Waals surface area contributed by atoms with Crippen molar-refractivity contribution >= 4 is 17.9 Å². The summed E-state index contributed by atoms with van der Waals surface area (Å²) in [5.41, 5.74) is 3.89. The van der Waals surface area contributed by atoms with Crippen LogP contribution < -0.4 is 0 Å². The largest absolute Gasteiger partial charge is 0.301 e. The van der Waals surface area contributed by atoms with E-state index in [9.17, 15) is 4.79 Å². The lowest BCUT2D eigenvalue weighted by molar-refractivity contribution is -0.109. The van der Waals surface area contributed by atoms with Crippen LogP contribution in [0.15, 0.2) is 48.5 Å². The summed E-state index contributed by atoms with van der Waals surface area (Å²) in [6, 6.07) is 15.4. The van der Waals surface area contributed by atoms with E-state index in [1.807, 2.05) is 62.4 Å². The number of rotatable bonds is 3. The zero-order chi connectivity index (χ0) is 13.2. The first-order chi connectivity index (χ1) is 8.56. The first kappa shape index (κ1) is 12.8. The van der Waals surface area contributed by atoms with Gasteiger partial charge in [0.05, 0.1) is 0 Å². The summed E-state index contributed by atoms with van der Waals surface area (Å²) in [4.78, 5) is 10.4. The molecule has 2 rings (SSSR count). The molecule has 0 fully saturated rings. The molecule has 0 bridgehead atoms. The minimum absolute atomic E-state index is 0.796. The van der Waals surface area contributed by atoms with Crippen LogP contribution in [-0.4, -0.2) is 6.29 Å². The lowest BCUT2D eigenvalue weighted by Gasteiger charge is -2.22. The lowest BCUT2D eigenvalue weighted by atomic mass is 9.90. The van der Waals surface area contributed by atoms with Crippen molar-refractivity contribution in [3.05, 3.63) is 70.8 Å². The summed E-state index contributed by atoms with van der Waals surface area (Å²) >= 11 is 6.51.